The number of piperidine rings is 1. The predicted molar refractivity (Wildman–Crippen MR) is 85.8 cm³/mol. The van der Waals surface area contributed by atoms with Gasteiger partial charge in [0, 0.05) is 12.1 Å². The molecule has 0 spiro atoms. The highest BCUT2D eigenvalue weighted by Gasteiger charge is 2.40. The van der Waals surface area contributed by atoms with Crippen LogP contribution in [0.25, 0.3) is 0 Å². The Labute approximate surface area is 137 Å². The summed E-state index contributed by atoms with van der Waals surface area (Å²) >= 11 is 0. The summed E-state index contributed by atoms with van der Waals surface area (Å²) in [6.07, 6.45) is 4.32. The lowest BCUT2D eigenvalue weighted by molar-refractivity contribution is -0.275. The second kappa shape index (κ2) is 7.43. The second-order valence-corrected chi connectivity index (χ2v) is 6.50. The molecule has 2 aliphatic heterocycles. The minimum Gasteiger partial charge on any atom is -0.462 e. The molecule has 0 aromatic heterocycles. The van der Waals surface area contributed by atoms with Gasteiger partial charge in [-0.25, -0.2) is 9.78 Å². The lowest BCUT2D eigenvalue weighted by Crippen LogP contribution is -2.43. The highest BCUT2D eigenvalue weighted by Crippen LogP contribution is 2.36. The van der Waals surface area contributed by atoms with E-state index in [4.69, 9.17) is 9.62 Å². The van der Waals surface area contributed by atoms with E-state index in [0.717, 1.165) is 18.4 Å². The Hall–Kier alpha value is -1.43. The van der Waals surface area contributed by atoms with Gasteiger partial charge < -0.3 is 9.64 Å². The molecular weight excluding hydrogens is 294 g/mol. The summed E-state index contributed by atoms with van der Waals surface area (Å²) in [4.78, 5) is 24.8. The molecule has 0 radical (unpaired) electrons. The van der Waals surface area contributed by atoms with Crippen LogP contribution in [0.1, 0.15) is 37.2 Å². The van der Waals surface area contributed by atoms with Crippen LogP contribution in [-0.4, -0.2) is 49.8 Å². The molecular formula is C18H25NO4. The highest BCUT2D eigenvalue weighted by molar-refractivity contribution is 5.78. The van der Waals surface area contributed by atoms with Crippen molar-refractivity contribution in [2.75, 3.05) is 20.8 Å². The molecule has 1 unspecified atom stereocenters. The molecule has 0 saturated carbocycles. The van der Waals surface area contributed by atoms with Crippen LogP contribution in [0.15, 0.2) is 30.3 Å². The number of nitrogens with zero attached hydrogens (tertiary/aromatic N) is 1. The van der Waals surface area contributed by atoms with Gasteiger partial charge in [0.1, 0.15) is 12.0 Å². The molecule has 2 bridgehead atoms. The molecule has 2 saturated heterocycles. The Morgan fingerprint density at radius 3 is 2.48 bits per heavy atom. The molecule has 5 heteroatoms. The molecule has 0 amide bonds. The van der Waals surface area contributed by atoms with E-state index in [9.17, 15) is 4.79 Å². The number of benzene rings is 1. The largest absolute Gasteiger partial charge is 0.462 e. The monoisotopic (exact) mass is 319 g/mol. The fourth-order valence-electron chi connectivity index (χ4n) is 3.83. The Morgan fingerprint density at radius 1 is 1.22 bits per heavy atom. The lowest BCUT2D eigenvalue weighted by Gasteiger charge is -2.36. The van der Waals surface area contributed by atoms with Crippen LogP contribution in [0.5, 0.6) is 0 Å². The van der Waals surface area contributed by atoms with Crippen molar-refractivity contribution in [2.24, 2.45) is 0 Å². The van der Waals surface area contributed by atoms with Gasteiger partial charge in [0.05, 0.1) is 13.7 Å². The van der Waals surface area contributed by atoms with Crippen molar-refractivity contribution in [1.82, 2.24) is 4.90 Å². The SMILES string of the molecule is COOCC(C(=O)O[C@H]1C[C@H]2CC[C@@H](C1)N2C)c1ccccc1. The molecule has 23 heavy (non-hydrogen) atoms. The van der Waals surface area contributed by atoms with Gasteiger partial charge in [0.25, 0.3) is 0 Å². The van der Waals surface area contributed by atoms with E-state index in [-0.39, 0.29) is 18.7 Å². The van der Waals surface area contributed by atoms with Crippen molar-refractivity contribution in [3.63, 3.8) is 0 Å². The zero-order chi connectivity index (χ0) is 16.2. The van der Waals surface area contributed by atoms with Crippen molar-refractivity contribution in [1.29, 1.82) is 0 Å². The number of esters is 1. The van der Waals surface area contributed by atoms with Crippen molar-refractivity contribution in [2.45, 2.75) is 49.8 Å². The van der Waals surface area contributed by atoms with Crippen LogP contribution in [-0.2, 0) is 19.3 Å². The van der Waals surface area contributed by atoms with E-state index in [1.165, 1.54) is 20.0 Å². The van der Waals surface area contributed by atoms with Crippen molar-refractivity contribution in [3.05, 3.63) is 35.9 Å². The summed E-state index contributed by atoms with van der Waals surface area (Å²) in [5.74, 6) is -0.671. The molecule has 1 aromatic rings. The zero-order valence-corrected chi connectivity index (χ0v) is 13.8. The Morgan fingerprint density at radius 2 is 1.87 bits per heavy atom. The molecule has 0 N–H and O–H groups in total. The first-order valence-electron chi connectivity index (χ1n) is 8.32. The standard InChI is InChI=1S/C18H25NO4/c1-19-14-8-9-15(19)11-16(10-14)23-18(20)17(12-22-21-2)13-6-4-3-5-7-13/h3-7,14-17H,8-12H2,1-2H3/t14-,15+,16+,17?. The van der Waals surface area contributed by atoms with E-state index in [1.54, 1.807) is 0 Å². The minimum atomic E-state index is -0.451. The van der Waals surface area contributed by atoms with E-state index in [2.05, 4.69) is 16.8 Å². The molecule has 3 rings (SSSR count). The average Bonchev–Trinajstić information content (AvgIpc) is 2.77. The van der Waals surface area contributed by atoms with Gasteiger partial charge in [0.2, 0.25) is 0 Å². The van der Waals surface area contributed by atoms with Gasteiger partial charge in [-0.3, -0.25) is 4.79 Å². The first kappa shape index (κ1) is 16.4. The van der Waals surface area contributed by atoms with Gasteiger partial charge >= 0.3 is 5.97 Å². The smallest absolute Gasteiger partial charge is 0.316 e. The summed E-state index contributed by atoms with van der Waals surface area (Å²) in [5, 5.41) is 0. The van der Waals surface area contributed by atoms with Crippen LogP contribution in [0.3, 0.4) is 0 Å². The Balaban J connectivity index is 1.64. The summed E-state index contributed by atoms with van der Waals surface area (Å²) < 4.78 is 5.83. The van der Waals surface area contributed by atoms with Crippen LogP contribution >= 0.6 is 0 Å². The number of rotatable bonds is 6. The number of carbonyl (C=O) groups is 1. The third kappa shape index (κ3) is 3.74. The van der Waals surface area contributed by atoms with Crippen LogP contribution < -0.4 is 0 Å². The number of hydrogen-bond acceptors (Lipinski definition) is 5. The lowest BCUT2D eigenvalue weighted by atomic mass is 9.98. The highest BCUT2D eigenvalue weighted by atomic mass is 17.2. The topological polar surface area (TPSA) is 48.0 Å². The zero-order valence-electron chi connectivity index (χ0n) is 13.8. The van der Waals surface area contributed by atoms with Crippen LogP contribution in [0.4, 0.5) is 0 Å². The molecule has 2 fully saturated rings. The summed E-state index contributed by atoms with van der Waals surface area (Å²) in [6.45, 7) is 0.166. The first-order chi connectivity index (χ1) is 11.2. The second-order valence-electron chi connectivity index (χ2n) is 6.50. The number of hydrogen-bond donors (Lipinski definition) is 0. The molecule has 2 aliphatic rings. The summed E-state index contributed by atoms with van der Waals surface area (Å²) in [5.41, 5.74) is 0.894. The maximum absolute atomic E-state index is 12.7. The maximum Gasteiger partial charge on any atom is 0.316 e. The minimum absolute atomic E-state index is 0.0185. The Kier molecular flexibility index (Phi) is 5.30. The summed E-state index contributed by atoms with van der Waals surface area (Å²) in [6, 6.07) is 10.7. The third-order valence-corrected chi connectivity index (χ3v) is 5.18. The van der Waals surface area contributed by atoms with E-state index < -0.39 is 5.92 Å². The van der Waals surface area contributed by atoms with Gasteiger partial charge in [-0.2, -0.15) is 0 Å². The first-order valence-corrected chi connectivity index (χ1v) is 8.32. The Bertz CT molecular complexity index is 507. The average molecular weight is 319 g/mol. The van der Waals surface area contributed by atoms with Crippen molar-refractivity contribution < 1.29 is 19.3 Å². The predicted octanol–water partition coefficient (Wildman–Crippen LogP) is 2.52. The number of fused-ring (bicyclic) bond motifs is 2. The molecule has 2 heterocycles. The fourth-order valence-corrected chi connectivity index (χ4v) is 3.83. The molecule has 0 aliphatic carbocycles. The van der Waals surface area contributed by atoms with Gasteiger partial charge in [0.15, 0.2) is 0 Å². The molecule has 5 nitrogen and oxygen atoms in total. The quantitative estimate of drug-likeness (QED) is 0.458. The van der Waals surface area contributed by atoms with Crippen molar-refractivity contribution >= 4 is 5.97 Å². The normalized spacial score (nSPS) is 28.5. The summed E-state index contributed by atoms with van der Waals surface area (Å²) in [7, 11) is 3.63. The van der Waals surface area contributed by atoms with E-state index in [1.807, 2.05) is 30.3 Å². The molecule has 1 aromatic carbocycles. The van der Waals surface area contributed by atoms with E-state index in [0.29, 0.717) is 12.1 Å². The molecule has 4 atom stereocenters. The van der Waals surface area contributed by atoms with E-state index >= 15 is 0 Å². The van der Waals surface area contributed by atoms with Crippen molar-refractivity contribution in [3.8, 4) is 0 Å². The number of ether oxygens (including phenoxy) is 1. The van der Waals surface area contributed by atoms with Gasteiger partial charge in [-0.1, -0.05) is 30.3 Å². The fraction of sp³-hybridized carbons (Fsp3) is 0.611. The van der Waals surface area contributed by atoms with Gasteiger partial charge in [-0.15, -0.1) is 0 Å². The number of carbonyl (C=O) groups excluding carboxylic acids is 1. The molecule has 126 valence electrons. The van der Waals surface area contributed by atoms with Crippen LogP contribution in [0.2, 0.25) is 0 Å². The maximum atomic E-state index is 12.7. The third-order valence-electron chi connectivity index (χ3n) is 5.18. The van der Waals surface area contributed by atoms with Crippen LogP contribution in [0, 0.1) is 0 Å². The van der Waals surface area contributed by atoms with Gasteiger partial charge in [-0.05, 0) is 38.3 Å².